The number of methoxy groups -OCH3 is 1. The van der Waals surface area contributed by atoms with Gasteiger partial charge in [-0.05, 0) is 24.3 Å². The molecular formula is C18H20N4O3. The molecule has 7 heteroatoms. The van der Waals surface area contributed by atoms with Crippen LogP contribution in [0.25, 0.3) is 11.4 Å². The number of amides is 2. The number of rotatable bonds is 6. The normalized spacial score (nSPS) is 11.9. The second kappa shape index (κ2) is 7.67. The summed E-state index contributed by atoms with van der Waals surface area (Å²) in [5.74, 6) is 1.47. The SMILES string of the molecule is COCC(NC(=O)Nc1cccc(-c2nccn2C)c1)c1ccco1. The molecule has 0 aliphatic carbocycles. The summed E-state index contributed by atoms with van der Waals surface area (Å²) in [5.41, 5.74) is 1.60. The van der Waals surface area contributed by atoms with Crippen LogP contribution in [0, 0.1) is 0 Å². The highest BCUT2D eigenvalue weighted by Crippen LogP contribution is 2.21. The fourth-order valence-corrected chi connectivity index (χ4v) is 2.56. The van der Waals surface area contributed by atoms with Gasteiger partial charge in [-0.1, -0.05) is 12.1 Å². The highest BCUT2D eigenvalue weighted by molar-refractivity contribution is 5.90. The Bertz CT molecular complexity index is 826. The molecule has 2 heterocycles. The fraction of sp³-hybridized carbons (Fsp3) is 0.222. The van der Waals surface area contributed by atoms with Crippen molar-refractivity contribution in [2.45, 2.75) is 6.04 Å². The van der Waals surface area contributed by atoms with E-state index in [0.717, 1.165) is 11.4 Å². The van der Waals surface area contributed by atoms with Gasteiger partial charge in [0.25, 0.3) is 0 Å². The predicted molar refractivity (Wildman–Crippen MR) is 94.1 cm³/mol. The number of hydrogen-bond acceptors (Lipinski definition) is 4. The molecule has 3 rings (SSSR count). The zero-order valence-corrected chi connectivity index (χ0v) is 14.1. The van der Waals surface area contributed by atoms with Crippen LogP contribution in [-0.4, -0.2) is 29.3 Å². The average molecular weight is 340 g/mol. The average Bonchev–Trinajstić information content (AvgIpc) is 3.26. The van der Waals surface area contributed by atoms with E-state index >= 15 is 0 Å². The summed E-state index contributed by atoms with van der Waals surface area (Å²) in [5, 5.41) is 5.68. The molecule has 0 aliphatic rings. The third kappa shape index (κ3) is 4.07. The van der Waals surface area contributed by atoms with E-state index < -0.39 is 0 Å². The number of hydrogen-bond donors (Lipinski definition) is 2. The Morgan fingerprint density at radius 1 is 1.36 bits per heavy atom. The van der Waals surface area contributed by atoms with Gasteiger partial charge in [-0.15, -0.1) is 0 Å². The van der Waals surface area contributed by atoms with Crippen LogP contribution in [0.5, 0.6) is 0 Å². The van der Waals surface area contributed by atoms with Gasteiger partial charge in [0, 0.05) is 37.8 Å². The Morgan fingerprint density at radius 2 is 2.24 bits per heavy atom. The topological polar surface area (TPSA) is 81.3 Å². The molecule has 0 radical (unpaired) electrons. The lowest BCUT2D eigenvalue weighted by Crippen LogP contribution is -2.34. The molecule has 1 unspecified atom stereocenters. The van der Waals surface area contributed by atoms with Gasteiger partial charge in [-0.25, -0.2) is 9.78 Å². The first-order valence-corrected chi connectivity index (χ1v) is 7.85. The lowest BCUT2D eigenvalue weighted by Gasteiger charge is -2.16. The number of aryl methyl sites for hydroxylation is 1. The highest BCUT2D eigenvalue weighted by atomic mass is 16.5. The molecule has 0 bridgehead atoms. The molecule has 1 atom stereocenters. The Kier molecular flexibility index (Phi) is 5.15. The first kappa shape index (κ1) is 16.8. The molecule has 0 spiro atoms. The van der Waals surface area contributed by atoms with E-state index in [2.05, 4.69) is 15.6 Å². The lowest BCUT2D eigenvalue weighted by atomic mass is 10.2. The van der Waals surface area contributed by atoms with Crippen molar-refractivity contribution in [3.63, 3.8) is 0 Å². The number of urea groups is 1. The van der Waals surface area contributed by atoms with Crippen molar-refractivity contribution in [2.75, 3.05) is 19.0 Å². The number of ether oxygens (including phenoxy) is 1. The second-order valence-electron chi connectivity index (χ2n) is 5.56. The minimum Gasteiger partial charge on any atom is -0.467 e. The van der Waals surface area contributed by atoms with Crippen LogP contribution in [0.1, 0.15) is 11.8 Å². The summed E-state index contributed by atoms with van der Waals surface area (Å²) < 4.78 is 12.4. The number of imidazole rings is 1. The number of carbonyl (C=O) groups is 1. The van der Waals surface area contributed by atoms with E-state index in [4.69, 9.17) is 9.15 Å². The molecule has 130 valence electrons. The van der Waals surface area contributed by atoms with Crippen LogP contribution in [-0.2, 0) is 11.8 Å². The second-order valence-corrected chi connectivity index (χ2v) is 5.56. The van der Waals surface area contributed by atoms with Crippen LogP contribution in [0.4, 0.5) is 10.5 Å². The Hall–Kier alpha value is -3.06. The first-order chi connectivity index (χ1) is 12.2. The largest absolute Gasteiger partial charge is 0.467 e. The summed E-state index contributed by atoms with van der Waals surface area (Å²) >= 11 is 0. The monoisotopic (exact) mass is 340 g/mol. The third-order valence-corrected chi connectivity index (χ3v) is 3.73. The van der Waals surface area contributed by atoms with Crippen molar-refractivity contribution in [2.24, 2.45) is 7.05 Å². The lowest BCUT2D eigenvalue weighted by molar-refractivity contribution is 0.159. The Labute approximate surface area is 145 Å². The Morgan fingerprint density at radius 3 is 2.92 bits per heavy atom. The van der Waals surface area contributed by atoms with Gasteiger partial charge < -0.3 is 24.4 Å². The first-order valence-electron chi connectivity index (χ1n) is 7.85. The standard InChI is InChI=1S/C18H20N4O3/c1-22-9-8-19-17(22)13-5-3-6-14(11-13)20-18(23)21-15(12-24-2)16-7-4-10-25-16/h3-11,15H,12H2,1-2H3,(H2,20,21,23). The maximum atomic E-state index is 12.3. The maximum absolute atomic E-state index is 12.3. The summed E-state index contributed by atoms with van der Waals surface area (Å²) in [4.78, 5) is 16.6. The predicted octanol–water partition coefficient (Wildman–Crippen LogP) is 3.19. The summed E-state index contributed by atoms with van der Waals surface area (Å²) in [6, 6.07) is 10.4. The van der Waals surface area contributed by atoms with E-state index in [0.29, 0.717) is 18.1 Å². The molecular weight excluding hydrogens is 320 g/mol. The van der Waals surface area contributed by atoms with Crippen molar-refractivity contribution in [3.8, 4) is 11.4 Å². The number of nitrogens with one attached hydrogen (secondary N) is 2. The number of carbonyl (C=O) groups excluding carboxylic acids is 1. The Balaban J connectivity index is 1.69. The minimum absolute atomic E-state index is 0.314. The number of furan rings is 1. The molecule has 0 saturated carbocycles. The van der Waals surface area contributed by atoms with Gasteiger partial charge in [0.1, 0.15) is 17.6 Å². The summed E-state index contributed by atoms with van der Waals surface area (Å²) in [6.45, 7) is 0.314. The summed E-state index contributed by atoms with van der Waals surface area (Å²) in [7, 11) is 3.50. The van der Waals surface area contributed by atoms with E-state index in [-0.39, 0.29) is 12.1 Å². The molecule has 2 N–H and O–H groups in total. The van der Waals surface area contributed by atoms with Crippen molar-refractivity contribution in [1.82, 2.24) is 14.9 Å². The molecule has 3 aromatic rings. The minimum atomic E-state index is -0.363. The van der Waals surface area contributed by atoms with E-state index in [1.807, 2.05) is 42.1 Å². The van der Waals surface area contributed by atoms with Crippen LogP contribution >= 0.6 is 0 Å². The third-order valence-electron chi connectivity index (χ3n) is 3.73. The van der Waals surface area contributed by atoms with Crippen molar-refractivity contribution >= 4 is 11.7 Å². The van der Waals surface area contributed by atoms with E-state index in [1.54, 1.807) is 31.7 Å². The quantitative estimate of drug-likeness (QED) is 0.722. The molecule has 25 heavy (non-hydrogen) atoms. The van der Waals surface area contributed by atoms with Crippen LogP contribution in [0.2, 0.25) is 0 Å². The van der Waals surface area contributed by atoms with Crippen molar-refractivity contribution in [3.05, 3.63) is 60.8 Å². The van der Waals surface area contributed by atoms with Crippen LogP contribution in [0.3, 0.4) is 0 Å². The maximum Gasteiger partial charge on any atom is 0.319 e. The fourth-order valence-electron chi connectivity index (χ4n) is 2.56. The molecule has 7 nitrogen and oxygen atoms in total. The zero-order valence-electron chi connectivity index (χ0n) is 14.1. The van der Waals surface area contributed by atoms with Gasteiger partial charge in [0.15, 0.2) is 0 Å². The van der Waals surface area contributed by atoms with Gasteiger partial charge >= 0.3 is 6.03 Å². The van der Waals surface area contributed by atoms with Gasteiger partial charge in [0.05, 0.1) is 12.9 Å². The molecule has 0 aliphatic heterocycles. The van der Waals surface area contributed by atoms with Gasteiger partial charge in [0.2, 0.25) is 0 Å². The van der Waals surface area contributed by atoms with Gasteiger partial charge in [-0.2, -0.15) is 0 Å². The highest BCUT2D eigenvalue weighted by Gasteiger charge is 2.17. The van der Waals surface area contributed by atoms with E-state index in [9.17, 15) is 4.79 Å². The molecule has 0 saturated heterocycles. The number of anilines is 1. The van der Waals surface area contributed by atoms with Crippen molar-refractivity contribution < 1.29 is 13.9 Å². The number of aromatic nitrogens is 2. The number of nitrogens with zero attached hydrogens (tertiary/aromatic N) is 2. The smallest absolute Gasteiger partial charge is 0.319 e. The van der Waals surface area contributed by atoms with Crippen LogP contribution in [0.15, 0.2) is 59.5 Å². The van der Waals surface area contributed by atoms with Crippen LogP contribution < -0.4 is 10.6 Å². The molecule has 2 aromatic heterocycles. The summed E-state index contributed by atoms with van der Waals surface area (Å²) in [6.07, 6.45) is 5.18. The van der Waals surface area contributed by atoms with Crippen molar-refractivity contribution in [1.29, 1.82) is 0 Å². The molecule has 2 amide bonds. The molecule has 0 fully saturated rings. The van der Waals surface area contributed by atoms with Gasteiger partial charge in [-0.3, -0.25) is 0 Å². The number of benzene rings is 1. The molecule has 1 aromatic carbocycles. The zero-order chi connectivity index (χ0) is 17.6. The van der Waals surface area contributed by atoms with E-state index in [1.165, 1.54) is 0 Å².